The van der Waals surface area contributed by atoms with Crippen molar-refractivity contribution in [2.24, 2.45) is 0 Å². The van der Waals surface area contributed by atoms with Crippen LogP contribution < -0.4 is 0 Å². The molecule has 1 heterocycles. The van der Waals surface area contributed by atoms with Gasteiger partial charge < -0.3 is 14.2 Å². The first-order valence-electron chi connectivity index (χ1n) is 2.85. The molecule has 0 aromatic heterocycles. The third kappa shape index (κ3) is 0.792. The summed E-state index contributed by atoms with van der Waals surface area (Å²) in [5.74, 6) is 0. The summed E-state index contributed by atoms with van der Waals surface area (Å²) < 4.78 is 13.1. The Labute approximate surface area is 55.9 Å². The predicted molar refractivity (Wildman–Crippen MR) is 26.2 cm³/mol. The van der Waals surface area contributed by atoms with Gasteiger partial charge in [0.15, 0.2) is 0 Å². The highest BCUT2D eigenvalue weighted by Crippen LogP contribution is 2.31. The van der Waals surface area contributed by atoms with Gasteiger partial charge in [-0.25, -0.2) is 9.59 Å². The molecule has 0 radical (unpaired) electrons. The van der Waals surface area contributed by atoms with Crippen LogP contribution in [0.25, 0.3) is 0 Å². The molecular weight excluding hydrogens is 140 g/mol. The minimum absolute atomic E-state index is 0.265. The first-order valence-corrected chi connectivity index (χ1v) is 2.85. The maximum atomic E-state index is 10.4. The minimum atomic E-state index is -0.963. The van der Waals surface area contributed by atoms with E-state index in [-0.39, 0.29) is 12.2 Å². The zero-order valence-electron chi connectivity index (χ0n) is 4.90. The van der Waals surface area contributed by atoms with E-state index in [2.05, 4.69) is 14.2 Å². The van der Waals surface area contributed by atoms with E-state index in [1.54, 1.807) is 0 Å². The maximum absolute atomic E-state index is 10.4. The Morgan fingerprint density at radius 3 is 2.10 bits per heavy atom. The van der Waals surface area contributed by atoms with Gasteiger partial charge >= 0.3 is 12.3 Å². The number of hydrogen-bond donors (Lipinski definition) is 0. The van der Waals surface area contributed by atoms with Crippen molar-refractivity contribution >= 4 is 12.3 Å². The molecular formula is C5H4O5. The van der Waals surface area contributed by atoms with Gasteiger partial charge in [0.2, 0.25) is 0 Å². The van der Waals surface area contributed by atoms with Crippen molar-refractivity contribution in [2.75, 3.05) is 0 Å². The van der Waals surface area contributed by atoms with Gasteiger partial charge in [-0.15, -0.1) is 0 Å². The van der Waals surface area contributed by atoms with Crippen LogP contribution in [0.5, 0.6) is 0 Å². The van der Waals surface area contributed by atoms with E-state index in [1.165, 1.54) is 0 Å². The number of carbonyl (C=O) groups excluding carboxylic acids is 2. The number of cyclic esters (lactones) is 2. The maximum Gasteiger partial charge on any atom is 0.518 e. The van der Waals surface area contributed by atoms with Crippen molar-refractivity contribution in [2.45, 2.75) is 18.6 Å². The third-order valence-corrected chi connectivity index (χ3v) is 1.34. The monoisotopic (exact) mass is 144 g/mol. The molecule has 0 spiro atoms. The molecule has 0 unspecified atom stereocenters. The van der Waals surface area contributed by atoms with E-state index in [4.69, 9.17) is 0 Å². The lowest BCUT2D eigenvalue weighted by molar-refractivity contribution is 0.0618. The molecule has 54 valence electrons. The summed E-state index contributed by atoms with van der Waals surface area (Å²) in [6.45, 7) is 0. The van der Waals surface area contributed by atoms with E-state index in [1.807, 2.05) is 0 Å². The summed E-state index contributed by atoms with van der Waals surface area (Å²) >= 11 is 0. The van der Waals surface area contributed by atoms with Crippen molar-refractivity contribution in [1.82, 2.24) is 0 Å². The summed E-state index contributed by atoms with van der Waals surface area (Å²) in [5.41, 5.74) is 0. The first kappa shape index (κ1) is 5.52. The first-order chi connectivity index (χ1) is 4.75. The van der Waals surface area contributed by atoms with Gasteiger partial charge in [-0.05, 0) is 0 Å². The lowest BCUT2D eigenvalue weighted by Crippen LogP contribution is -2.10. The Bertz CT molecular complexity index is 178. The normalized spacial score (nSPS) is 36.4. The van der Waals surface area contributed by atoms with Gasteiger partial charge in [0.25, 0.3) is 0 Å². The smallest absolute Gasteiger partial charge is 0.426 e. The molecule has 0 aromatic rings. The molecule has 10 heavy (non-hydrogen) atoms. The Balaban J connectivity index is 2.09. The van der Waals surface area contributed by atoms with Crippen molar-refractivity contribution in [1.29, 1.82) is 0 Å². The van der Waals surface area contributed by atoms with Crippen LogP contribution in [0.15, 0.2) is 0 Å². The molecule has 0 N–H and O–H groups in total. The SMILES string of the molecule is O=C1OC(=O)O[C@@H]2C[C@@H]2O1. The number of ether oxygens (including phenoxy) is 3. The fourth-order valence-electron chi connectivity index (χ4n) is 0.762. The lowest BCUT2D eigenvalue weighted by Gasteiger charge is -1.95. The Morgan fingerprint density at radius 1 is 1.10 bits per heavy atom. The van der Waals surface area contributed by atoms with Crippen LogP contribution >= 0.6 is 0 Å². The molecule has 2 rings (SSSR count). The number of fused-ring (bicyclic) bond motifs is 1. The minimum Gasteiger partial charge on any atom is -0.426 e. The molecule has 2 fully saturated rings. The van der Waals surface area contributed by atoms with Gasteiger partial charge in [-0.1, -0.05) is 0 Å². The van der Waals surface area contributed by atoms with Crippen molar-refractivity contribution in [3.63, 3.8) is 0 Å². The molecule has 2 atom stereocenters. The molecule has 1 saturated carbocycles. The topological polar surface area (TPSA) is 61.8 Å². The van der Waals surface area contributed by atoms with Crippen molar-refractivity contribution < 1.29 is 23.8 Å². The van der Waals surface area contributed by atoms with Crippen LogP contribution in [-0.2, 0) is 14.2 Å². The Morgan fingerprint density at radius 2 is 1.60 bits per heavy atom. The standard InChI is InChI=1S/C5H4O5/c6-4-8-2-1-3(2)9-5(7)10-4/h2-3H,1H2/t2-,3+. The van der Waals surface area contributed by atoms with Gasteiger partial charge in [0.05, 0.1) is 0 Å². The van der Waals surface area contributed by atoms with E-state index in [0.29, 0.717) is 6.42 Å². The molecule has 5 heteroatoms. The van der Waals surface area contributed by atoms with Crippen LogP contribution in [0.3, 0.4) is 0 Å². The summed E-state index contributed by atoms with van der Waals surface area (Å²) in [7, 11) is 0. The summed E-state index contributed by atoms with van der Waals surface area (Å²) in [5, 5.41) is 0. The molecule has 0 bridgehead atoms. The highest BCUT2D eigenvalue weighted by Gasteiger charge is 2.48. The van der Waals surface area contributed by atoms with Gasteiger partial charge in [-0.3, -0.25) is 0 Å². The number of hydrogen-bond acceptors (Lipinski definition) is 5. The van der Waals surface area contributed by atoms with Gasteiger partial charge in [0, 0.05) is 6.42 Å². The fourth-order valence-corrected chi connectivity index (χ4v) is 0.762. The van der Waals surface area contributed by atoms with E-state index >= 15 is 0 Å². The third-order valence-electron chi connectivity index (χ3n) is 1.34. The second kappa shape index (κ2) is 1.62. The molecule has 1 aliphatic heterocycles. The van der Waals surface area contributed by atoms with Gasteiger partial charge in [0.1, 0.15) is 12.2 Å². The second-order valence-corrected chi connectivity index (χ2v) is 2.15. The second-order valence-electron chi connectivity index (χ2n) is 2.15. The average molecular weight is 144 g/mol. The molecule has 1 aliphatic carbocycles. The predicted octanol–water partition coefficient (Wildman–Crippen LogP) is 0.431. The highest BCUT2D eigenvalue weighted by molar-refractivity contribution is 5.78. The van der Waals surface area contributed by atoms with Crippen LogP contribution in [0.2, 0.25) is 0 Å². The summed E-state index contributed by atoms with van der Waals surface area (Å²) in [6.07, 6.45) is -1.86. The summed E-state index contributed by atoms with van der Waals surface area (Å²) in [4.78, 5) is 20.8. The lowest BCUT2D eigenvalue weighted by atomic mass is 10.8. The van der Waals surface area contributed by atoms with E-state index in [0.717, 1.165) is 0 Å². The molecule has 5 nitrogen and oxygen atoms in total. The Hall–Kier alpha value is -1.26. The number of rotatable bonds is 0. The van der Waals surface area contributed by atoms with Crippen molar-refractivity contribution in [3.05, 3.63) is 0 Å². The molecule has 0 aromatic carbocycles. The zero-order valence-corrected chi connectivity index (χ0v) is 4.90. The van der Waals surface area contributed by atoms with E-state index in [9.17, 15) is 9.59 Å². The molecule has 2 aliphatic rings. The largest absolute Gasteiger partial charge is 0.518 e. The molecule has 1 saturated heterocycles. The quantitative estimate of drug-likeness (QED) is 0.364. The van der Waals surface area contributed by atoms with Crippen LogP contribution in [0.1, 0.15) is 6.42 Å². The van der Waals surface area contributed by atoms with Crippen LogP contribution in [0.4, 0.5) is 9.59 Å². The van der Waals surface area contributed by atoms with Crippen molar-refractivity contribution in [3.8, 4) is 0 Å². The average Bonchev–Trinajstić information content (AvgIpc) is 2.43. The molecule has 0 amide bonds. The van der Waals surface area contributed by atoms with Crippen LogP contribution in [0, 0.1) is 0 Å². The fraction of sp³-hybridized carbons (Fsp3) is 0.600. The van der Waals surface area contributed by atoms with Gasteiger partial charge in [-0.2, -0.15) is 0 Å². The number of carbonyl (C=O) groups is 2. The zero-order chi connectivity index (χ0) is 7.14. The summed E-state index contributed by atoms with van der Waals surface area (Å²) in [6, 6.07) is 0. The Kier molecular flexibility index (Phi) is 0.893. The van der Waals surface area contributed by atoms with Crippen LogP contribution in [-0.4, -0.2) is 24.5 Å². The van der Waals surface area contributed by atoms with E-state index < -0.39 is 12.3 Å². The highest BCUT2D eigenvalue weighted by atomic mass is 16.8.